The maximum Gasteiger partial charge on any atom is 0.435 e. The van der Waals surface area contributed by atoms with Gasteiger partial charge >= 0.3 is 12.4 Å². The monoisotopic (exact) mass is 499 g/mol. The standard InChI is InChI=1S/C22H16F7N5O/c23-13-3-6-18-33-20(22(27,28)29)19(34(18)11-13)16-9-15(30-7-8-35)10-17(32-16)31-14-4-1-12(2-5-14)21(24,25)26/h1-6,9-11,35H,7-8H2,(H2,30,31,32). The molecular formula is C22H16F7N5O. The van der Waals surface area contributed by atoms with Crippen molar-refractivity contribution < 1.29 is 35.8 Å². The van der Waals surface area contributed by atoms with Crippen LogP contribution in [0.5, 0.6) is 0 Å². The molecule has 3 aromatic heterocycles. The van der Waals surface area contributed by atoms with E-state index >= 15 is 0 Å². The average molecular weight is 499 g/mol. The average Bonchev–Trinajstić information content (AvgIpc) is 3.16. The van der Waals surface area contributed by atoms with Gasteiger partial charge in [0.05, 0.1) is 17.9 Å². The molecule has 0 radical (unpaired) electrons. The molecule has 0 saturated heterocycles. The Morgan fingerprint density at radius 1 is 0.857 bits per heavy atom. The molecule has 4 rings (SSSR count). The third-order valence-electron chi connectivity index (χ3n) is 4.84. The van der Waals surface area contributed by atoms with E-state index in [9.17, 15) is 30.7 Å². The highest BCUT2D eigenvalue weighted by atomic mass is 19.4. The smallest absolute Gasteiger partial charge is 0.395 e. The zero-order valence-electron chi connectivity index (χ0n) is 17.5. The molecule has 4 aromatic rings. The number of imidazole rings is 1. The van der Waals surface area contributed by atoms with Gasteiger partial charge in [-0.3, -0.25) is 4.40 Å². The van der Waals surface area contributed by atoms with Crippen LogP contribution in [0.15, 0.2) is 54.7 Å². The van der Waals surface area contributed by atoms with Gasteiger partial charge in [0, 0.05) is 30.2 Å². The molecule has 0 spiro atoms. The van der Waals surface area contributed by atoms with Gasteiger partial charge in [-0.15, -0.1) is 0 Å². The van der Waals surface area contributed by atoms with Crippen LogP contribution in [0.2, 0.25) is 0 Å². The number of aromatic nitrogens is 3. The van der Waals surface area contributed by atoms with Crippen molar-refractivity contribution in [2.24, 2.45) is 0 Å². The Labute approximate surface area is 193 Å². The van der Waals surface area contributed by atoms with Crippen molar-refractivity contribution in [1.29, 1.82) is 0 Å². The van der Waals surface area contributed by atoms with Crippen molar-refractivity contribution in [3.05, 3.63) is 71.8 Å². The molecule has 0 atom stereocenters. The first-order valence-corrected chi connectivity index (χ1v) is 10.0. The molecule has 184 valence electrons. The van der Waals surface area contributed by atoms with Crippen LogP contribution in [0.1, 0.15) is 11.3 Å². The Hall–Kier alpha value is -3.87. The van der Waals surface area contributed by atoms with Gasteiger partial charge in [0.15, 0.2) is 5.69 Å². The summed E-state index contributed by atoms with van der Waals surface area (Å²) >= 11 is 0. The van der Waals surface area contributed by atoms with E-state index in [-0.39, 0.29) is 41.7 Å². The van der Waals surface area contributed by atoms with Crippen LogP contribution in [-0.4, -0.2) is 32.6 Å². The summed E-state index contributed by atoms with van der Waals surface area (Å²) in [7, 11) is 0. The van der Waals surface area contributed by atoms with Gasteiger partial charge in [-0.05, 0) is 42.5 Å². The van der Waals surface area contributed by atoms with Crippen LogP contribution in [0.3, 0.4) is 0 Å². The molecule has 3 heterocycles. The molecule has 0 unspecified atom stereocenters. The topological polar surface area (TPSA) is 74.5 Å². The second kappa shape index (κ2) is 9.06. The van der Waals surface area contributed by atoms with E-state index in [0.29, 0.717) is 0 Å². The fourth-order valence-corrected chi connectivity index (χ4v) is 3.37. The normalized spacial score (nSPS) is 12.2. The van der Waals surface area contributed by atoms with Crippen LogP contribution in [0, 0.1) is 5.82 Å². The highest BCUT2D eigenvalue weighted by molar-refractivity contribution is 5.72. The molecule has 0 aliphatic heterocycles. The lowest BCUT2D eigenvalue weighted by Crippen LogP contribution is -2.10. The molecule has 13 heteroatoms. The van der Waals surface area contributed by atoms with Crippen LogP contribution >= 0.6 is 0 Å². The summed E-state index contributed by atoms with van der Waals surface area (Å²) in [5.74, 6) is -0.815. The lowest BCUT2D eigenvalue weighted by Gasteiger charge is -2.14. The van der Waals surface area contributed by atoms with Gasteiger partial charge in [0.2, 0.25) is 0 Å². The third kappa shape index (κ3) is 5.29. The predicted molar refractivity (Wildman–Crippen MR) is 114 cm³/mol. The molecule has 0 aliphatic carbocycles. The molecule has 1 aromatic carbocycles. The summed E-state index contributed by atoms with van der Waals surface area (Å²) in [6.45, 7) is -0.231. The first kappa shape index (κ1) is 24.3. The maximum atomic E-state index is 13.9. The van der Waals surface area contributed by atoms with Gasteiger partial charge in [-0.25, -0.2) is 14.4 Å². The van der Waals surface area contributed by atoms with E-state index in [1.807, 2.05) is 0 Å². The predicted octanol–water partition coefficient (Wildman–Crippen LogP) is 5.72. The van der Waals surface area contributed by atoms with Crippen LogP contribution < -0.4 is 10.6 Å². The minimum absolute atomic E-state index is 0.0119. The highest BCUT2D eigenvalue weighted by Crippen LogP contribution is 2.38. The Morgan fingerprint density at radius 2 is 1.57 bits per heavy atom. The Morgan fingerprint density at radius 3 is 2.20 bits per heavy atom. The number of aliphatic hydroxyl groups is 1. The molecule has 0 saturated carbocycles. The molecule has 3 N–H and O–H groups in total. The third-order valence-corrected chi connectivity index (χ3v) is 4.84. The zero-order chi connectivity index (χ0) is 25.4. The first-order valence-electron chi connectivity index (χ1n) is 10.0. The van der Waals surface area contributed by atoms with Gasteiger partial charge in [-0.2, -0.15) is 26.3 Å². The summed E-state index contributed by atoms with van der Waals surface area (Å²) in [6.07, 6.45) is -8.59. The summed E-state index contributed by atoms with van der Waals surface area (Å²) < 4.78 is 94.7. The van der Waals surface area contributed by atoms with E-state index in [2.05, 4.69) is 20.6 Å². The van der Waals surface area contributed by atoms with E-state index in [0.717, 1.165) is 47.0 Å². The molecule has 35 heavy (non-hydrogen) atoms. The fourth-order valence-electron chi connectivity index (χ4n) is 3.37. The van der Waals surface area contributed by atoms with E-state index in [1.54, 1.807) is 0 Å². The number of aliphatic hydroxyl groups excluding tert-OH is 1. The van der Waals surface area contributed by atoms with Crippen molar-refractivity contribution in [1.82, 2.24) is 14.4 Å². The Balaban J connectivity index is 1.83. The number of fused-ring (bicyclic) bond motifs is 1. The Bertz CT molecular complexity index is 1350. The summed E-state index contributed by atoms with van der Waals surface area (Å²) in [5.41, 5.74) is -2.67. The Kier molecular flexibility index (Phi) is 6.28. The largest absolute Gasteiger partial charge is 0.435 e. The van der Waals surface area contributed by atoms with Crippen molar-refractivity contribution in [3.63, 3.8) is 0 Å². The quantitative estimate of drug-likeness (QED) is 0.296. The van der Waals surface area contributed by atoms with Crippen molar-refractivity contribution in [3.8, 4) is 11.4 Å². The number of hydrogen-bond donors (Lipinski definition) is 3. The SMILES string of the molecule is OCCNc1cc(Nc2ccc(C(F)(F)F)cc2)nc(-c2c(C(F)(F)F)nc3ccc(F)cn23)c1. The number of anilines is 3. The number of rotatable bonds is 6. The fraction of sp³-hybridized carbons (Fsp3) is 0.182. The van der Waals surface area contributed by atoms with Crippen molar-refractivity contribution in [2.45, 2.75) is 12.4 Å². The van der Waals surface area contributed by atoms with Crippen molar-refractivity contribution in [2.75, 3.05) is 23.8 Å². The molecule has 0 amide bonds. The number of alkyl halides is 6. The number of hydrogen-bond acceptors (Lipinski definition) is 5. The van der Waals surface area contributed by atoms with E-state index < -0.39 is 35.1 Å². The lowest BCUT2D eigenvalue weighted by atomic mass is 10.2. The molecule has 0 bridgehead atoms. The summed E-state index contributed by atoms with van der Waals surface area (Å²) in [4.78, 5) is 7.77. The van der Waals surface area contributed by atoms with E-state index in [1.165, 1.54) is 12.1 Å². The van der Waals surface area contributed by atoms with Gasteiger partial charge in [0.1, 0.15) is 23.0 Å². The summed E-state index contributed by atoms with van der Waals surface area (Å²) in [5, 5.41) is 14.7. The maximum absolute atomic E-state index is 13.9. The number of nitrogens with one attached hydrogen (secondary N) is 2. The number of pyridine rings is 2. The van der Waals surface area contributed by atoms with Gasteiger partial charge in [-0.1, -0.05) is 0 Å². The second-order valence-corrected chi connectivity index (χ2v) is 7.36. The molecule has 0 aliphatic rings. The molecular weight excluding hydrogens is 483 g/mol. The van der Waals surface area contributed by atoms with Crippen LogP contribution in [-0.2, 0) is 12.4 Å². The van der Waals surface area contributed by atoms with Crippen LogP contribution in [0.4, 0.5) is 47.9 Å². The van der Waals surface area contributed by atoms with Crippen molar-refractivity contribution >= 4 is 22.8 Å². The number of nitrogens with zero attached hydrogens (tertiary/aromatic N) is 3. The first-order chi connectivity index (χ1) is 16.5. The second-order valence-electron chi connectivity index (χ2n) is 7.36. The molecule has 6 nitrogen and oxygen atoms in total. The number of halogens is 7. The van der Waals surface area contributed by atoms with Gasteiger partial charge in [0.25, 0.3) is 0 Å². The zero-order valence-corrected chi connectivity index (χ0v) is 17.5. The lowest BCUT2D eigenvalue weighted by molar-refractivity contribution is -0.140. The highest BCUT2D eigenvalue weighted by Gasteiger charge is 2.39. The van der Waals surface area contributed by atoms with E-state index in [4.69, 9.17) is 5.11 Å². The minimum Gasteiger partial charge on any atom is -0.395 e. The van der Waals surface area contributed by atoms with Gasteiger partial charge < -0.3 is 15.7 Å². The minimum atomic E-state index is -4.89. The summed E-state index contributed by atoms with van der Waals surface area (Å²) in [6, 6.07) is 8.68. The molecule has 0 fully saturated rings. The number of benzene rings is 1. The van der Waals surface area contributed by atoms with Crippen LogP contribution in [0.25, 0.3) is 17.0 Å².